The number of fused-ring (bicyclic) bond motifs is 5. The number of esters is 10. The highest BCUT2D eigenvalue weighted by Gasteiger charge is 2.59. The molecule has 2 aromatic rings. The van der Waals surface area contributed by atoms with Gasteiger partial charge in [-0.3, -0.25) is 52.1 Å². The van der Waals surface area contributed by atoms with Gasteiger partial charge in [-0.15, -0.1) is 0 Å². The highest BCUT2D eigenvalue weighted by Crippen LogP contribution is 2.57. The monoisotopic (exact) mass is 2260 g/mol. The minimum atomic E-state index is -4.64. The van der Waals surface area contributed by atoms with E-state index < -0.39 is 189 Å². The molecular weight excluding hydrogens is 2100 g/mol. The quantitative estimate of drug-likeness (QED) is 0.0310. The van der Waals surface area contributed by atoms with Crippen LogP contribution < -0.4 is 0 Å². The lowest BCUT2D eigenvalue weighted by Gasteiger charge is -2.49. The summed E-state index contributed by atoms with van der Waals surface area (Å²) < 4.78 is 278. The van der Waals surface area contributed by atoms with E-state index in [1.807, 2.05) is 83.1 Å². The third kappa shape index (κ3) is 68.4. The van der Waals surface area contributed by atoms with Gasteiger partial charge in [0.05, 0.1) is 59.6 Å². The second-order valence-electron chi connectivity index (χ2n) is 34.8. The number of hydrogen-bond donors (Lipinski definition) is 0. The van der Waals surface area contributed by atoms with Gasteiger partial charge < -0.3 is 79.2 Å². The molecule has 2 heterocycles. The number of rotatable bonds is 24. The largest absolute Gasteiger partial charge is 0.748 e. The Labute approximate surface area is 871 Å². The molecule has 8 atom stereocenters. The zero-order valence-electron chi connectivity index (χ0n) is 88.1. The first-order valence-corrected chi connectivity index (χ1v) is 62.6. The summed E-state index contributed by atoms with van der Waals surface area (Å²) in [4.78, 5) is 104. The first kappa shape index (κ1) is 144. The van der Waals surface area contributed by atoms with Crippen LogP contribution in [0.1, 0.15) is 286 Å². The number of hydrogen-bond acceptors (Lipinski definition) is 44. The Kier molecular flexibility index (Phi) is 73.0. The van der Waals surface area contributed by atoms with Crippen molar-refractivity contribution in [3.05, 3.63) is 48.5 Å². The van der Waals surface area contributed by atoms with Crippen molar-refractivity contribution >= 4 is 151 Å². The Bertz CT molecular complexity index is 4760. The van der Waals surface area contributed by atoms with E-state index in [4.69, 9.17) is 8.92 Å². The van der Waals surface area contributed by atoms with Gasteiger partial charge in [-0.1, -0.05) is 164 Å². The number of ether oxygens (including phenoxy) is 10. The van der Waals surface area contributed by atoms with Crippen molar-refractivity contribution in [2.24, 2.45) is 88.8 Å². The summed E-state index contributed by atoms with van der Waals surface area (Å²) in [5.74, 6) is -1.30. The van der Waals surface area contributed by atoms with Crippen molar-refractivity contribution in [1.82, 2.24) is 0 Å². The average molecular weight is 2260 g/mol. The molecule has 16 aliphatic rings. The molecule has 52 heteroatoms. The minimum absolute atomic E-state index is 0.0590. The van der Waals surface area contributed by atoms with E-state index in [1.54, 1.807) is 109 Å². The molecule has 8 unspecified atom stereocenters. The molecule has 18 rings (SSSR count). The van der Waals surface area contributed by atoms with Crippen LogP contribution in [0.25, 0.3) is 10.8 Å². The zero-order valence-corrected chi connectivity index (χ0v) is 94.6. The summed E-state index contributed by atoms with van der Waals surface area (Å²) >= 11 is 0. The molecule has 0 radical (unpaired) electrons. The van der Waals surface area contributed by atoms with Crippen LogP contribution in [0.15, 0.2) is 48.5 Å². The van der Waals surface area contributed by atoms with E-state index in [9.17, 15) is 147 Å². The van der Waals surface area contributed by atoms with Crippen LogP contribution in [-0.4, -0.2) is 263 Å². The lowest BCUT2D eigenvalue weighted by atomic mass is 9.56. The predicted octanol–water partition coefficient (Wildman–Crippen LogP) is 11.4. The first-order chi connectivity index (χ1) is 68.6. The van der Waals surface area contributed by atoms with E-state index in [2.05, 4.69) is 91.2 Å². The van der Waals surface area contributed by atoms with E-state index in [1.165, 1.54) is 111 Å². The fourth-order valence-corrected chi connectivity index (χ4v) is 24.1. The fourth-order valence-electron chi connectivity index (χ4n) is 19.6. The lowest BCUT2D eigenvalue weighted by molar-refractivity contribution is -0.166. The molecule has 2 saturated heterocycles. The highest BCUT2D eigenvalue weighted by molar-refractivity contribution is 7.88. The van der Waals surface area contributed by atoms with E-state index in [-0.39, 0.29) is 56.8 Å². The molecular formula is C95H159O44S8-7. The second kappa shape index (κ2) is 74.6. The average Bonchev–Trinajstić information content (AvgIpc) is 1.58. The van der Waals surface area contributed by atoms with Gasteiger partial charge in [0.15, 0.2) is 0 Å². The van der Waals surface area contributed by atoms with Crippen LogP contribution in [0.5, 0.6) is 0 Å². The molecule has 14 bridgehead atoms. The van der Waals surface area contributed by atoms with Crippen molar-refractivity contribution in [3.8, 4) is 0 Å². The molecule has 147 heavy (non-hydrogen) atoms. The second-order valence-corrected chi connectivity index (χ2v) is 46.5. The van der Waals surface area contributed by atoms with Crippen molar-refractivity contribution < 1.29 is 199 Å². The van der Waals surface area contributed by atoms with Gasteiger partial charge >= 0.3 is 59.7 Å². The Hall–Kier alpha value is -7.32. The van der Waals surface area contributed by atoms with Crippen molar-refractivity contribution in [2.45, 2.75) is 303 Å². The van der Waals surface area contributed by atoms with Crippen LogP contribution >= 0.6 is 0 Å². The van der Waals surface area contributed by atoms with Crippen molar-refractivity contribution in [2.75, 3.05) is 86.9 Å². The van der Waals surface area contributed by atoms with E-state index in [0.717, 1.165) is 51.9 Å². The summed E-state index contributed by atoms with van der Waals surface area (Å²) in [6.07, 6.45) is 34.1. The van der Waals surface area contributed by atoms with Gasteiger partial charge in [-0.05, 0) is 231 Å². The maximum Gasteiger partial charge on any atom is 0.322 e. The first-order valence-electron chi connectivity index (χ1n) is 50.1. The number of carbonyl (C=O) groups excluding carboxylic acids is 10. The standard InChI is InChI=1S/2C10H16.C10H8.C8H10O2.C7H10O3S.C7H12.C6H10O7S.C5H8O7S.5C4H8O5S.6C2H6/c2*1-7-2-9-4-8(1)5-10(3-7)6-9;1-2-6-10-8-4-3-7-9(10)5-1;9-8-6-2-4-1-5(6)7(3-4)10-8;8-11(9)7-3-4-1-5(7)6(2-4)10-11;1-2-7-4-3-6(1)5-7;1-2-5(7)12-4-13-6(8)3-14(9,10)11;1-4(6)11-3-12-5(7)2-13(8,9)10;1-4(5)9-2-3-10(6,7)8;4*1-2-9-4(5)3-10(6,7)8;6*1-2/h2*7-10H,1-6H2;1-8H;4-7H,1-3H2;4-7H,1-3H2;6-7H,1-5H2;2-4H2,1H3,(H,9,10,11);2-3H2,1H3,(H,8,9,10);5*2-3H2,1H3,(H,6,7,8);6*1-2H3/p-7. The zero-order chi connectivity index (χ0) is 114. The van der Waals surface area contributed by atoms with Gasteiger partial charge in [0.1, 0.15) is 108 Å². The Morgan fingerprint density at radius 3 is 0.762 bits per heavy atom. The maximum absolute atomic E-state index is 11.3. The molecule has 2 aromatic carbocycles. The summed E-state index contributed by atoms with van der Waals surface area (Å²) in [6, 6.07) is 16.7. The summed E-state index contributed by atoms with van der Waals surface area (Å²) in [7, 11) is -34.5. The molecule has 0 spiro atoms. The minimum Gasteiger partial charge on any atom is -0.748 e. The van der Waals surface area contributed by atoms with Crippen molar-refractivity contribution in [3.63, 3.8) is 0 Å². The Balaban J connectivity index is -0.00000152. The van der Waals surface area contributed by atoms with Gasteiger partial charge in [-0.2, -0.15) is 8.42 Å². The van der Waals surface area contributed by atoms with Gasteiger partial charge in [0.2, 0.25) is 13.6 Å². The Morgan fingerprint density at radius 1 is 0.306 bits per heavy atom. The molecule has 0 amide bonds. The van der Waals surface area contributed by atoms with Gasteiger partial charge in [0.25, 0.3) is 10.1 Å². The topological polar surface area (TPSA) is 707 Å². The molecule has 858 valence electrons. The number of benzene rings is 2. The molecule has 16 fully saturated rings. The van der Waals surface area contributed by atoms with Gasteiger partial charge in [0, 0.05) is 32.1 Å². The fraction of sp³-hybridized carbons (Fsp3) is 0.789. The molecule has 44 nitrogen and oxygen atoms in total. The summed E-state index contributed by atoms with van der Waals surface area (Å²) in [6.45, 7) is 32.4. The maximum atomic E-state index is 11.3. The normalized spacial score (nSPS) is 24.8. The third-order valence-corrected chi connectivity index (χ3v) is 29.8. The highest BCUT2D eigenvalue weighted by atomic mass is 32.2. The van der Waals surface area contributed by atoms with E-state index in [0.29, 0.717) is 29.8 Å². The number of carbonyl (C=O) groups is 10. The molecule has 2 aliphatic heterocycles. The Morgan fingerprint density at radius 2 is 0.551 bits per heavy atom. The van der Waals surface area contributed by atoms with Crippen LogP contribution in [0.4, 0.5) is 0 Å². The van der Waals surface area contributed by atoms with Gasteiger partial charge in [-0.25, -0.2) is 58.9 Å². The SMILES string of the molecule is C1C2CC3CC1CC(C2)C3.C1C2CC3CC1CC(C2)C3.C1CC2CCC1C2.CC.CC.CC.CC.CC.CC.CC(=O)OCCS(=O)(=O)[O-].CC(=O)OCOC(=O)CS(=O)(=O)[O-].CCC(=O)OCOC(=O)CS(=O)(=O)[O-].CCOC(=O)CS(=O)(=O)[O-].CCOC(=O)CS(=O)(=O)[O-].CCOC(=O)CS(=O)(=O)[O-].CCOC(=O)CS(=O)(=O)[O-].O=C1OC2CC3CC1C2C3.O=S1(=O)OC2CC3CC2C1C3.c1ccc2ccccc2c1. The van der Waals surface area contributed by atoms with Crippen LogP contribution in [-0.2, 0) is 180 Å². The van der Waals surface area contributed by atoms with E-state index >= 15 is 0 Å². The van der Waals surface area contributed by atoms with Crippen molar-refractivity contribution in [1.29, 1.82) is 0 Å². The third-order valence-electron chi connectivity index (χ3n) is 23.8. The lowest BCUT2D eigenvalue weighted by Crippen LogP contribution is -2.38. The van der Waals surface area contributed by atoms with Crippen LogP contribution in [0.2, 0.25) is 0 Å². The molecule has 14 saturated carbocycles. The molecule has 0 aromatic heterocycles. The molecule has 0 N–H and O–H groups in total. The molecule has 14 aliphatic carbocycles. The van der Waals surface area contributed by atoms with Crippen LogP contribution in [0, 0.1) is 88.8 Å². The summed E-state index contributed by atoms with van der Waals surface area (Å²) in [5, 5.41) is 2.49. The van der Waals surface area contributed by atoms with Crippen LogP contribution in [0.3, 0.4) is 0 Å². The smallest absolute Gasteiger partial charge is 0.322 e. The predicted molar refractivity (Wildman–Crippen MR) is 533 cm³/mol. The summed E-state index contributed by atoms with van der Waals surface area (Å²) in [5.41, 5.74) is 0.